The topological polar surface area (TPSA) is 21.7 Å². The van der Waals surface area contributed by atoms with Crippen LogP contribution in [-0.4, -0.2) is 9.55 Å². The number of fused-ring (bicyclic) bond motifs is 4. The summed E-state index contributed by atoms with van der Waals surface area (Å²) in [7, 11) is 0. The number of benzene rings is 5. The van der Waals surface area contributed by atoms with E-state index >= 15 is 0 Å². The SMILES string of the molecule is [Ir+3].[c-]1cc2ccccc2c2c1-[n+]1[c-]n(-c3ccccc3)c3cccc(c31)S2.[c-]1ccccc1-c1ccccn1. The Hall–Kier alpha value is -4.02. The number of imidazole rings is 1. The quantitative estimate of drug-likeness (QED) is 0.137. The number of nitrogens with zero attached hydrogens (tertiary/aromatic N) is 3. The van der Waals surface area contributed by atoms with Gasteiger partial charge in [0.15, 0.2) is 0 Å². The summed E-state index contributed by atoms with van der Waals surface area (Å²) in [5.74, 6) is 0. The van der Waals surface area contributed by atoms with Gasteiger partial charge in [0.1, 0.15) is 0 Å². The third kappa shape index (κ3) is 4.70. The van der Waals surface area contributed by atoms with Gasteiger partial charge in [-0.15, -0.1) is 52.7 Å². The Morgan fingerprint density at radius 2 is 1.56 bits per heavy atom. The summed E-state index contributed by atoms with van der Waals surface area (Å²) in [6, 6.07) is 47.8. The summed E-state index contributed by atoms with van der Waals surface area (Å²) < 4.78 is 4.30. The van der Waals surface area contributed by atoms with Crippen LogP contribution < -0.4 is 4.57 Å². The minimum Gasteiger partial charge on any atom is -0.313 e. The molecular weight excluding hydrogens is 675 g/mol. The maximum atomic E-state index is 4.22. The average Bonchev–Trinajstić information content (AvgIpc) is 3.40. The second-order valence-electron chi connectivity index (χ2n) is 8.88. The molecule has 1 aliphatic heterocycles. The van der Waals surface area contributed by atoms with Crippen LogP contribution in [0.4, 0.5) is 0 Å². The number of para-hydroxylation sites is 2. The molecule has 0 bridgehead atoms. The zero-order valence-electron chi connectivity index (χ0n) is 20.7. The van der Waals surface area contributed by atoms with E-state index in [1.807, 2.05) is 60.3 Å². The largest absolute Gasteiger partial charge is 3.00 e. The third-order valence-electron chi connectivity index (χ3n) is 6.53. The Morgan fingerprint density at radius 3 is 2.38 bits per heavy atom. The predicted octanol–water partition coefficient (Wildman–Crippen LogP) is 7.67. The van der Waals surface area contributed by atoms with Gasteiger partial charge < -0.3 is 9.55 Å². The van der Waals surface area contributed by atoms with Crippen LogP contribution in [0.2, 0.25) is 0 Å². The van der Waals surface area contributed by atoms with Crippen molar-refractivity contribution in [1.82, 2.24) is 9.55 Å². The molecule has 186 valence electrons. The zero-order valence-corrected chi connectivity index (χ0v) is 23.9. The summed E-state index contributed by atoms with van der Waals surface area (Å²) in [5, 5.41) is 2.49. The van der Waals surface area contributed by atoms with Crippen molar-refractivity contribution in [3.63, 3.8) is 0 Å². The molecule has 5 heteroatoms. The second kappa shape index (κ2) is 11.0. The van der Waals surface area contributed by atoms with Gasteiger partial charge in [-0.1, -0.05) is 71.6 Å². The Kier molecular flexibility index (Phi) is 7.12. The Bertz CT molecular complexity index is 1850. The number of hydrogen-bond acceptors (Lipinski definition) is 2. The Balaban J connectivity index is 0.000000180. The van der Waals surface area contributed by atoms with E-state index in [1.54, 1.807) is 6.20 Å². The first-order valence-corrected chi connectivity index (χ1v) is 13.2. The molecule has 0 saturated carbocycles. The maximum absolute atomic E-state index is 4.22. The zero-order chi connectivity index (χ0) is 25.3. The van der Waals surface area contributed by atoms with E-state index in [1.165, 1.54) is 26.1 Å². The first kappa shape index (κ1) is 25.3. The van der Waals surface area contributed by atoms with Crippen molar-refractivity contribution >= 4 is 33.6 Å². The third-order valence-corrected chi connectivity index (χ3v) is 7.69. The fourth-order valence-corrected chi connectivity index (χ4v) is 5.96. The minimum absolute atomic E-state index is 0. The monoisotopic (exact) mass is 696 g/mol. The van der Waals surface area contributed by atoms with Crippen LogP contribution in [0.1, 0.15) is 0 Å². The molecule has 3 nitrogen and oxygen atoms in total. The average molecular weight is 696 g/mol. The van der Waals surface area contributed by atoms with Crippen LogP contribution in [0.3, 0.4) is 0 Å². The van der Waals surface area contributed by atoms with Crippen molar-refractivity contribution in [2.45, 2.75) is 9.79 Å². The maximum Gasteiger partial charge on any atom is 3.00 e. The van der Waals surface area contributed by atoms with Gasteiger partial charge in [0.25, 0.3) is 6.33 Å². The van der Waals surface area contributed by atoms with E-state index < -0.39 is 0 Å². The smallest absolute Gasteiger partial charge is 0.313 e. The fraction of sp³-hybridized carbons (Fsp3) is 0. The Labute approximate surface area is 245 Å². The van der Waals surface area contributed by atoms with Crippen LogP contribution in [0.15, 0.2) is 137 Å². The number of aromatic nitrogens is 3. The molecular formula is C34H21IrN3S+. The molecule has 3 heterocycles. The standard InChI is InChI=1S/C23H13N2S.C11H8N.Ir/c1-2-8-17(9-3-1)24-15-25-20-14-13-16-7-4-5-10-18(16)23(20)26-21-12-6-11-19(24)22(21)25;1-2-6-10(7-3-1)11-8-4-5-9-12-11;/h1-13H;1-6,8-9H;/q2*-1;+3. The summed E-state index contributed by atoms with van der Waals surface area (Å²) in [5.41, 5.74) is 6.56. The van der Waals surface area contributed by atoms with E-state index in [4.69, 9.17) is 0 Å². The number of rotatable bonds is 2. The van der Waals surface area contributed by atoms with Crippen LogP contribution in [0.5, 0.6) is 0 Å². The van der Waals surface area contributed by atoms with Gasteiger partial charge in [-0.3, -0.25) is 4.57 Å². The molecule has 5 aromatic carbocycles. The molecule has 7 aromatic rings. The van der Waals surface area contributed by atoms with Crippen molar-refractivity contribution in [3.8, 4) is 22.6 Å². The van der Waals surface area contributed by atoms with E-state index in [9.17, 15) is 0 Å². The molecule has 8 rings (SSSR count). The fourth-order valence-electron chi connectivity index (χ4n) is 4.76. The van der Waals surface area contributed by atoms with Crippen molar-refractivity contribution in [2.75, 3.05) is 0 Å². The summed E-state index contributed by atoms with van der Waals surface area (Å²) >= 11 is 1.83. The van der Waals surface area contributed by atoms with Gasteiger partial charge >= 0.3 is 20.1 Å². The van der Waals surface area contributed by atoms with Crippen molar-refractivity contribution < 1.29 is 24.7 Å². The number of pyridine rings is 1. The normalized spacial score (nSPS) is 11.3. The van der Waals surface area contributed by atoms with E-state index in [0.717, 1.165) is 28.1 Å². The van der Waals surface area contributed by atoms with Gasteiger partial charge in [0, 0.05) is 11.1 Å². The van der Waals surface area contributed by atoms with Gasteiger partial charge in [0.05, 0.1) is 16.7 Å². The molecule has 0 N–H and O–H groups in total. The Morgan fingerprint density at radius 1 is 0.744 bits per heavy atom. The molecule has 0 atom stereocenters. The molecule has 0 fully saturated rings. The van der Waals surface area contributed by atoms with Crippen LogP contribution >= 0.6 is 11.8 Å². The molecule has 0 unspecified atom stereocenters. The van der Waals surface area contributed by atoms with Crippen molar-refractivity contribution in [3.05, 3.63) is 146 Å². The van der Waals surface area contributed by atoms with Gasteiger partial charge in [-0.2, -0.15) is 23.9 Å². The minimum atomic E-state index is 0. The van der Waals surface area contributed by atoms with Crippen LogP contribution in [0, 0.1) is 18.5 Å². The van der Waals surface area contributed by atoms with Crippen molar-refractivity contribution in [2.24, 2.45) is 0 Å². The molecule has 0 radical (unpaired) electrons. The number of hydrogen-bond donors (Lipinski definition) is 0. The summed E-state index contributed by atoms with van der Waals surface area (Å²) in [4.78, 5) is 6.72. The first-order valence-electron chi connectivity index (χ1n) is 12.4. The first-order chi connectivity index (χ1) is 18.9. The van der Waals surface area contributed by atoms with Gasteiger partial charge in [-0.05, 0) is 29.6 Å². The molecule has 0 saturated heterocycles. The summed E-state index contributed by atoms with van der Waals surface area (Å²) in [6.45, 7) is 0. The molecule has 2 aromatic heterocycles. The van der Waals surface area contributed by atoms with Crippen LogP contribution in [0.25, 0.3) is 44.4 Å². The van der Waals surface area contributed by atoms with Gasteiger partial charge in [-0.25, -0.2) is 0 Å². The van der Waals surface area contributed by atoms with Gasteiger partial charge in [0.2, 0.25) is 0 Å². The molecule has 0 spiro atoms. The second-order valence-corrected chi connectivity index (χ2v) is 9.93. The molecule has 1 aliphatic rings. The molecule has 0 aliphatic carbocycles. The predicted molar refractivity (Wildman–Crippen MR) is 153 cm³/mol. The molecule has 0 amide bonds. The van der Waals surface area contributed by atoms with E-state index in [2.05, 4.69) is 105 Å². The van der Waals surface area contributed by atoms with Crippen LogP contribution in [-0.2, 0) is 20.1 Å². The van der Waals surface area contributed by atoms with E-state index in [-0.39, 0.29) is 20.1 Å². The van der Waals surface area contributed by atoms with Crippen molar-refractivity contribution in [1.29, 1.82) is 0 Å². The molecule has 39 heavy (non-hydrogen) atoms. The van der Waals surface area contributed by atoms with E-state index in [0.29, 0.717) is 0 Å². The summed E-state index contributed by atoms with van der Waals surface area (Å²) in [6.07, 6.45) is 5.35.